The van der Waals surface area contributed by atoms with Gasteiger partial charge in [-0.05, 0) is 81.4 Å². The molecule has 66 heavy (non-hydrogen) atoms. The van der Waals surface area contributed by atoms with Crippen molar-refractivity contribution in [1.82, 2.24) is 34.7 Å². The summed E-state index contributed by atoms with van der Waals surface area (Å²) in [6.45, 7) is 4.83. The van der Waals surface area contributed by atoms with Crippen LogP contribution in [0.2, 0.25) is 0 Å². The number of unbranched alkanes of at least 4 members (excludes halogenated alkanes) is 1. The molecule has 0 saturated carbocycles. The lowest BCUT2D eigenvalue weighted by molar-refractivity contribution is 0.192. The second kappa shape index (κ2) is 19.1. The van der Waals surface area contributed by atoms with Crippen molar-refractivity contribution < 1.29 is 9.53 Å². The molecule has 10 heteroatoms. The zero-order valence-corrected chi connectivity index (χ0v) is 37.1. The predicted octanol–water partition coefficient (Wildman–Crippen LogP) is 11.3. The average molecular weight is 869 g/mol. The van der Waals surface area contributed by atoms with E-state index in [1.165, 1.54) is 0 Å². The quantitative estimate of drug-likeness (QED) is 0.0898. The maximum Gasteiger partial charge on any atom is 0.324 e. The minimum Gasteiger partial charge on any atom is -0.478 e. The van der Waals surface area contributed by atoms with Gasteiger partial charge in [-0.1, -0.05) is 177 Å². The maximum absolute atomic E-state index is 13.9. The third-order valence-electron chi connectivity index (χ3n) is 12.6. The number of amides is 2. The van der Waals surface area contributed by atoms with Gasteiger partial charge in [0.25, 0.3) is 0 Å². The van der Waals surface area contributed by atoms with Gasteiger partial charge in [-0.2, -0.15) is 0 Å². The molecule has 1 atom stereocenters. The number of aryl methyl sites for hydroxylation is 1. The van der Waals surface area contributed by atoms with Crippen molar-refractivity contribution in [3.8, 4) is 5.75 Å². The van der Waals surface area contributed by atoms with E-state index >= 15 is 0 Å². The van der Waals surface area contributed by atoms with Crippen LogP contribution in [0.5, 0.6) is 5.75 Å². The zero-order valence-electron chi connectivity index (χ0n) is 37.1. The van der Waals surface area contributed by atoms with Gasteiger partial charge in [0.15, 0.2) is 11.9 Å². The van der Waals surface area contributed by atoms with Crippen LogP contribution in [-0.4, -0.2) is 53.8 Å². The van der Waals surface area contributed by atoms with Crippen LogP contribution in [0.1, 0.15) is 77.3 Å². The normalized spacial score (nSPS) is 13.6. The van der Waals surface area contributed by atoms with E-state index < -0.39 is 11.6 Å². The standard InChI is InChI=1S/C56H52N8O2/c1-2-3-30-52-57-50-36-33-48(62-38-19-37-61(55(62)65)40-42-20-9-4-10-21-42)39-51(50)63(52)41-43-31-34-49(35-32-43)66-53(44-22-11-5-12-23-44)54-58-59-60-64(54)56(45-24-13-6-14-25-45,46-26-15-7-16-27-46)47-28-17-8-18-29-47/h4-18,20-29,31-36,39,53H,2-3,19,30,37-38,40-41H2,1H3. The number of hydrogen-bond acceptors (Lipinski definition) is 6. The summed E-state index contributed by atoms with van der Waals surface area (Å²) >= 11 is 0. The zero-order chi connectivity index (χ0) is 44.7. The highest BCUT2D eigenvalue weighted by Gasteiger charge is 2.43. The predicted molar refractivity (Wildman–Crippen MR) is 259 cm³/mol. The number of anilines is 1. The summed E-state index contributed by atoms with van der Waals surface area (Å²) in [5, 5.41) is 14.0. The van der Waals surface area contributed by atoms with Crippen LogP contribution >= 0.6 is 0 Å². The molecule has 2 aromatic heterocycles. The minimum atomic E-state index is -0.936. The van der Waals surface area contributed by atoms with E-state index in [0.717, 1.165) is 88.2 Å². The highest BCUT2D eigenvalue weighted by Crippen LogP contribution is 2.42. The van der Waals surface area contributed by atoms with Gasteiger partial charge >= 0.3 is 6.03 Å². The number of carbonyl (C=O) groups is 1. The number of imidazole rings is 1. The van der Waals surface area contributed by atoms with Gasteiger partial charge in [0, 0.05) is 43.9 Å². The highest BCUT2D eigenvalue weighted by molar-refractivity contribution is 5.95. The first-order valence-corrected chi connectivity index (χ1v) is 23.0. The van der Waals surface area contributed by atoms with Gasteiger partial charge in [0.1, 0.15) is 17.1 Å². The van der Waals surface area contributed by atoms with E-state index in [9.17, 15) is 4.79 Å². The molecule has 1 aliphatic rings. The van der Waals surface area contributed by atoms with Gasteiger partial charge in [0.2, 0.25) is 0 Å². The van der Waals surface area contributed by atoms with Crippen molar-refractivity contribution in [1.29, 1.82) is 0 Å². The Hall–Kier alpha value is -7.85. The Kier molecular flexibility index (Phi) is 12.2. The van der Waals surface area contributed by atoms with Gasteiger partial charge in [-0.15, -0.1) is 5.10 Å². The molecule has 0 spiro atoms. The number of nitrogens with zero attached hydrogens (tertiary/aromatic N) is 8. The average Bonchev–Trinajstić information content (AvgIpc) is 4.00. The fourth-order valence-corrected chi connectivity index (χ4v) is 9.39. The SMILES string of the molecule is CCCCc1nc2ccc(N3CCCN(Cc4ccccc4)C3=O)cc2n1Cc1ccc(OC(c2ccccc2)c2nnnn2C(c2ccccc2)(c2ccccc2)c2ccccc2)cc1. The second-order valence-corrected chi connectivity index (χ2v) is 16.9. The molecule has 0 bridgehead atoms. The number of fused-ring (bicyclic) bond motifs is 1. The number of tetrazole rings is 1. The number of carbonyl (C=O) groups excluding carboxylic acids is 1. The van der Waals surface area contributed by atoms with Crippen LogP contribution < -0.4 is 9.64 Å². The van der Waals surface area contributed by atoms with Crippen molar-refractivity contribution in [2.24, 2.45) is 0 Å². The first-order valence-electron chi connectivity index (χ1n) is 23.0. The molecular weight excluding hydrogens is 817 g/mol. The number of benzene rings is 7. The van der Waals surface area contributed by atoms with Gasteiger partial charge in [0.05, 0.1) is 11.0 Å². The Morgan fingerprint density at radius 1 is 0.652 bits per heavy atom. The molecule has 1 saturated heterocycles. The van der Waals surface area contributed by atoms with Crippen molar-refractivity contribution in [3.05, 3.63) is 239 Å². The number of rotatable bonds is 16. The molecule has 0 N–H and O–H groups in total. The molecule has 0 radical (unpaired) electrons. The molecule has 10 nitrogen and oxygen atoms in total. The summed E-state index contributed by atoms with van der Waals surface area (Å²) < 4.78 is 11.3. The van der Waals surface area contributed by atoms with Crippen molar-refractivity contribution in [3.63, 3.8) is 0 Å². The lowest BCUT2D eigenvalue weighted by Gasteiger charge is -2.37. The molecule has 10 rings (SSSR count). The lowest BCUT2D eigenvalue weighted by atomic mass is 9.77. The Morgan fingerprint density at radius 3 is 1.86 bits per heavy atom. The van der Waals surface area contributed by atoms with Gasteiger partial charge < -0.3 is 14.2 Å². The Balaban J connectivity index is 0.983. The number of urea groups is 1. The van der Waals surface area contributed by atoms with Crippen molar-refractivity contribution >= 4 is 22.8 Å². The molecular formula is C56H52N8O2. The Labute approximate surface area is 385 Å². The topological polar surface area (TPSA) is 94.2 Å². The maximum atomic E-state index is 13.9. The monoisotopic (exact) mass is 868 g/mol. The van der Waals surface area contributed by atoms with Crippen LogP contribution in [0, 0.1) is 0 Å². The molecule has 7 aromatic carbocycles. The van der Waals surface area contributed by atoms with E-state index in [1.807, 2.05) is 87.3 Å². The third kappa shape index (κ3) is 8.33. The van der Waals surface area contributed by atoms with Crippen LogP contribution in [0.3, 0.4) is 0 Å². The highest BCUT2D eigenvalue weighted by atomic mass is 16.5. The number of aromatic nitrogens is 6. The summed E-state index contributed by atoms with van der Waals surface area (Å²) in [6.07, 6.45) is 3.19. The molecule has 1 unspecified atom stereocenters. The van der Waals surface area contributed by atoms with Crippen LogP contribution in [0.25, 0.3) is 11.0 Å². The molecule has 328 valence electrons. The molecule has 1 fully saturated rings. The molecule has 0 aliphatic carbocycles. The van der Waals surface area contributed by atoms with Gasteiger partial charge in [-0.25, -0.2) is 14.5 Å². The van der Waals surface area contributed by atoms with Crippen LogP contribution in [0.4, 0.5) is 10.5 Å². The summed E-state index contributed by atoms with van der Waals surface area (Å²) in [5.74, 6) is 2.27. The van der Waals surface area contributed by atoms with E-state index in [1.54, 1.807) is 0 Å². The van der Waals surface area contributed by atoms with Gasteiger partial charge in [-0.3, -0.25) is 4.90 Å². The second-order valence-electron chi connectivity index (χ2n) is 16.9. The van der Waals surface area contributed by atoms with E-state index in [-0.39, 0.29) is 6.03 Å². The molecule has 1 aliphatic heterocycles. The van der Waals surface area contributed by atoms with Crippen molar-refractivity contribution in [2.45, 2.75) is 57.3 Å². The third-order valence-corrected chi connectivity index (χ3v) is 12.6. The Bertz CT molecular complexity index is 2900. The first kappa shape index (κ1) is 42.1. The first-order chi connectivity index (χ1) is 32.6. The van der Waals surface area contributed by atoms with E-state index in [0.29, 0.717) is 31.2 Å². The number of ether oxygens (including phenoxy) is 1. The summed E-state index contributed by atoms with van der Waals surface area (Å²) in [4.78, 5) is 22.9. The lowest BCUT2D eigenvalue weighted by Crippen LogP contribution is -2.49. The van der Waals surface area contributed by atoms with E-state index in [4.69, 9.17) is 20.0 Å². The number of hydrogen-bond donors (Lipinski definition) is 0. The summed E-state index contributed by atoms with van der Waals surface area (Å²) in [7, 11) is 0. The minimum absolute atomic E-state index is 0.0334. The largest absolute Gasteiger partial charge is 0.478 e. The molecule has 9 aromatic rings. The Morgan fingerprint density at radius 2 is 1.24 bits per heavy atom. The summed E-state index contributed by atoms with van der Waals surface area (Å²) in [6, 6.07) is 66.2. The molecule has 2 amide bonds. The summed E-state index contributed by atoms with van der Waals surface area (Å²) in [5.41, 5.74) is 8.08. The van der Waals surface area contributed by atoms with Crippen LogP contribution in [0.15, 0.2) is 194 Å². The fourth-order valence-electron chi connectivity index (χ4n) is 9.39. The van der Waals surface area contributed by atoms with Crippen molar-refractivity contribution in [2.75, 3.05) is 18.0 Å². The van der Waals surface area contributed by atoms with Crippen LogP contribution in [-0.2, 0) is 25.0 Å². The van der Waals surface area contributed by atoms with E-state index in [2.05, 4.69) is 138 Å². The smallest absolute Gasteiger partial charge is 0.324 e. The fraction of sp³-hybridized carbons (Fsp3) is 0.196. The molecule has 3 heterocycles.